The molecule has 5 aromatic rings. The molecule has 0 radical (unpaired) electrons. The maximum atomic E-state index is 15.7. The normalized spacial score (nSPS) is 19.7. The predicted octanol–water partition coefficient (Wildman–Crippen LogP) is 7.51. The van der Waals surface area contributed by atoms with E-state index in [2.05, 4.69) is 25.1 Å². The molecular weight excluding hydrogens is 853 g/mol. The van der Waals surface area contributed by atoms with Crippen LogP contribution in [0, 0.1) is 23.4 Å². The third kappa shape index (κ3) is 8.95. The van der Waals surface area contributed by atoms with Crippen molar-refractivity contribution < 1.29 is 40.4 Å². The maximum Gasteiger partial charge on any atom is 0.328 e. The van der Waals surface area contributed by atoms with Crippen molar-refractivity contribution in [3.63, 3.8) is 0 Å². The van der Waals surface area contributed by atoms with Gasteiger partial charge in [0.05, 0.1) is 16.9 Å². The predicted molar refractivity (Wildman–Crippen MR) is 235 cm³/mol. The van der Waals surface area contributed by atoms with E-state index in [1.54, 1.807) is 18.3 Å². The number of ketones is 1. The smallest absolute Gasteiger partial charge is 0.328 e. The number of nitrogens with one attached hydrogen (secondary N) is 3. The summed E-state index contributed by atoms with van der Waals surface area (Å²) in [7, 11) is -4.35. The number of nitrogens with zero attached hydrogens (tertiary/aromatic N) is 5. The van der Waals surface area contributed by atoms with Gasteiger partial charge in [-0.1, -0.05) is 18.2 Å². The molecule has 4 aliphatic heterocycles. The molecule has 3 aromatic carbocycles. The number of fused-ring (bicyclic) bond motifs is 1. The number of hydrogen-bond acceptors (Lipinski definition) is 8. The van der Waals surface area contributed by atoms with Crippen molar-refractivity contribution in [1.29, 1.82) is 0 Å². The van der Waals surface area contributed by atoms with E-state index < -0.39 is 56.9 Å². The number of hydrogen-bond donors (Lipinski definition) is 3. The molecule has 4 aliphatic rings. The van der Waals surface area contributed by atoms with E-state index in [0.29, 0.717) is 22.5 Å². The molecule has 0 bridgehead atoms. The number of urea groups is 1. The van der Waals surface area contributed by atoms with Gasteiger partial charge in [-0.25, -0.2) is 27.3 Å². The van der Waals surface area contributed by atoms with E-state index in [4.69, 9.17) is 0 Å². The number of alkyl halides is 1. The average molecular weight is 901 g/mol. The molecule has 18 heteroatoms. The Hall–Kier alpha value is -5.85. The summed E-state index contributed by atoms with van der Waals surface area (Å²) in [4.78, 5) is 50.9. The number of benzene rings is 3. The number of imide groups is 1. The van der Waals surface area contributed by atoms with Crippen LogP contribution in [0.5, 0.6) is 0 Å². The van der Waals surface area contributed by atoms with Gasteiger partial charge in [-0.05, 0) is 124 Å². The molecular formula is C46H48F4N8O5S. The van der Waals surface area contributed by atoms with E-state index >= 15 is 13.2 Å². The molecule has 0 saturated carbocycles. The van der Waals surface area contributed by atoms with Gasteiger partial charge in [0.2, 0.25) is 11.7 Å². The van der Waals surface area contributed by atoms with E-state index in [9.17, 15) is 27.2 Å². The van der Waals surface area contributed by atoms with E-state index in [0.717, 1.165) is 98.1 Å². The van der Waals surface area contributed by atoms with Crippen molar-refractivity contribution in [1.82, 2.24) is 24.5 Å². The van der Waals surface area contributed by atoms with Gasteiger partial charge >= 0.3 is 16.2 Å². The third-order valence-corrected chi connectivity index (χ3v) is 14.7. The molecule has 13 nitrogen and oxygen atoms in total. The molecule has 2 aromatic heterocycles. The van der Waals surface area contributed by atoms with Crippen LogP contribution in [0.1, 0.15) is 72.3 Å². The molecule has 1 unspecified atom stereocenters. The van der Waals surface area contributed by atoms with Crippen molar-refractivity contribution in [3.8, 4) is 11.1 Å². The first-order valence-electron chi connectivity index (χ1n) is 21.7. The highest BCUT2D eigenvalue weighted by atomic mass is 32.2. The van der Waals surface area contributed by atoms with E-state index in [-0.39, 0.29) is 55.6 Å². The monoisotopic (exact) mass is 900 g/mol. The summed E-state index contributed by atoms with van der Waals surface area (Å²) in [6, 6.07) is 16.0. The van der Waals surface area contributed by atoms with Crippen LogP contribution < -0.4 is 19.8 Å². The van der Waals surface area contributed by atoms with Crippen molar-refractivity contribution in [3.05, 3.63) is 107 Å². The Morgan fingerprint density at radius 2 is 1.61 bits per heavy atom. The maximum absolute atomic E-state index is 15.7. The summed E-state index contributed by atoms with van der Waals surface area (Å²) < 4.78 is 88.1. The number of aromatic nitrogens is 2. The number of aromatic amines is 1. The largest absolute Gasteiger partial charge is 0.372 e. The fraction of sp³-hybridized carbons (Fsp3) is 0.391. The number of pyridine rings is 1. The summed E-state index contributed by atoms with van der Waals surface area (Å²) >= 11 is 0. The van der Waals surface area contributed by atoms with Crippen LogP contribution in [0.3, 0.4) is 0 Å². The number of carbonyl (C=O) groups is 3. The lowest BCUT2D eigenvalue weighted by atomic mass is 9.88. The molecule has 4 fully saturated rings. The highest BCUT2D eigenvalue weighted by Gasteiger charge is 2.34. The fourth-order valence-electron chi connectivity index (χ4n) is 9.42. The Kier molecular flexibility index (Phi) is 12.2. The summed E-state index contributed by atoms with van der Waals surface area (Å²) in [5.74, 6) is -3.49. The lowest BCUT2D eigenvalue weighted by Crippen LogP contribution is -2.49. The average Bonchev–Trinajstić information content (AvgIpc) is 3.94. The zero-order chi connectivity index (χ0) is 44.7. The molecule has 6 heterocycles. The number of likely N-dealkylation sites (tertiary alicyclic amines) is 1. The van der Waals surface area contributed by atoms with Gasteiger partial charge in [0, 0.05) is 73.7 Å². The van der Waals surface area contributed by atoms with Crippen molar-refractivity contribution in [2.45, 2.75) is 57.0 Å². The highest BCUT2D eigenvalue weighted by Crippen LogP contribution is 2.35. The van der Waals surface area contributed by atoms with Crippen molar-refractivity contribution in [2.75, 3.05) is 66.9 Å². The Bertz CT molecular complexity index is 2700. The zero-order valence-corrected chi connectivity index (χ0v) is 35.8. The van der Waals surface area contributed by atoms with Crippen LogP contribution in [-0.2, 0) is 15.0 Å². The first-order valence-corrected chi connectivity index (χ1v) is 23.2. The first kappa shape index (κ1) is 43.4. The van der Waals surface area contributed by atoms with E-state index in [1.807, 2.05) is 35.1 Å². The minimum Gasteiger partial charge on any atom is -0.372 e. The molecule has 64 heavy (non-hydrogen) atoms. The number of rotatable bonds is 12. The van der Waals surface area contributed by atoms with Gasteiger partial charge in [-0.15, -0.1) is 0 Å². The van der Waals surface area contributed by atoms with Crippen LogP contribution in [0.4, 0.5) is 39.4 Å². The number of halogens is 4. The Labute approximate surface area is 368 Å². The molecule has 9 rings (SSSR count). The second-order valence-electron chi connectivity index (χ2n) is 17.1. The van der Waals surface area contributed by atoms with Crippen LogP contribution in [0.2, 0.25) is 0 Å². The van der Waals surface area contributed by atoms with Gasteiger partial charge in [0.25, 0.3) is 0 Å². The van der Waals surface area contributed by atoms with Gasteiger partial charge in [-0.3, -0.25) is 24.5 Å². The van der Waals surface area contributed by atoms with Gasteiger partial charge < -0.3 is 14.8 Å². The summed E-state index contributed by atoms with van der Waals surface area (Å²) in [5.41, 5.74) is 2.45. The number of piperidine rings is 2. The fourth-order valence-corrected chi connectivity index (χ4v) is 10.7. The quantitative estimate of drug-likeness (QED) is 0.0861. The topological polar surface area (TPSA) is 151 Å². The Balaban J connectivity index is 0.773. The zero-order valence-electron chi connectivity index (χ0n) is 35.0. The minimum absolute atomic E-state index is 0.00355. The van der Waals surface area contributed by atoms with Crippen LogP contribution in [-0.4, -0.2) is 104 Å². The standard InChI is InChI=1S/C46H48F4N8O5S/c47-33-14-21-57(27-33)64(62,63)54-39-7-6-37(48)42(43(39)50)44(60)36-26-52-45-35(36)23-32(25-51-45)29-1-4-34(5-2-29)56-19-10-28(11-20-56)9-16-55-17-12-30(13-18-55)31-3-8-40(38(49)24-31)58-22-15-41(59)53-46(58)61/h1-8,23-26,28,30,33,54H,9-22,27H2,(H,51,52)(H,53,59,61). The molecule has 3 amide bonds. The summed E-state index contributed by atoms with van der Waals surface area (Å²) in [6.45, 7) is 4.45. The molecule has 1 atom stereocenters. The highest BCUT2D eigenvalue weighted by molar-refractivity contribution is 7.90. The van der Waals surface area contributed by atoms with Crippen LogP contribution >= 0.6 is 0 Å². The van der Waals surface area contributed by atoms with Crippen molar-refractivity contribution in [2.24, 2.45) is 5.92 Å². The second kappa shape index (κ2) is 18.0. The number of carbonyl (C=O) groups excluding carboxylic acids is 3. The molecule has 0 aliphatic carbocycles. The second-order valence-corrected chi connectivity index (χ2v) is 18.8. The SMILES string of the molecule is O=C1CCN(c2ccc(C3CCN(CCC4CCN(c5ccc(-c6cnc7[nH]cc(C(=O)c8c(F)ccc(NS(=O)(=O)N9CCC(F)C9)c8F)c7c6)cc5)CC4)CC3)cc2F)C(=O)N1. The Morgan fingerprint density at radius 1 is 0.844 bits per heavy atom. The van der Waals surface area contributed by atoms with Crippen molar-refractivity contribution >= 4 is 56.0 Å². The number of anilines is 3. The minimum atomic E-state index is -4.35. The van der Waals surface area contributed by atoms with Crippen LogP contribution in [0.25, 0.3) is 22.2 Å². The van der Waals surface area contributed by atoms with E-state index in [1.165, 1.54) is 17.2 Å². The lowest BCUT2D eigenvalue weighted by Gasteiger charge is -2.36. The van der Waals surface area contributed by atoms with Crippen LogP contribution in [0.15, 0.2) is 73.1 Å². The molecule has 4 saturated heterocycles. The van der Waals surface area contributed by atoms with Gasteiger partial charge in [0.15, 0.2) is 5.82 Å². The molecule has 336 valence electrons. The summed E-state index contributed by atoms with van der Waals surface area (Å²) in [6.07, 6.45) is 6.90. The molecule has 3 N–H and O–H groups in total. The van der Waals surface area contributed by atoms with Gasteiger partial charge in [0.1, 0.15) is 23.5 Å². The number of H-pyrrole nitrogens is 1. The first-order chi connectivity index (χ1) is 30.8. The third-order valence-electron chi connectivity index (χ3n) is 13.2. The Morgan fingerprint density at radius 3 is 2.31 bits per heavy atom. The van der Waals surface area contributed by atoms with Gasteiger partial charge in [-0.2, -0.15) is 12.7 Å². The number of amides is 3. The molecule has 0 spiro atoms. The summed E-state index contributed by atoms with van der Waals surface area (Å²) in [5, 5.41) is 2.58. The lowest BCUT2D eigenvalue weighted by molar-refractivity contribution is -0.120.